The van der Waals surface area contributed by atoms with Crippen molar-refractivity contribution in [3.63, 3.8) is 0 Å². The Morgan fingerprint density at radius 1 is 1.00 bits per heavy atom. The van der Waals surface area contributed by atoms with Gasteiger partial charge in [-0.2, -0.15) is 0 Å². The third kappa shape index (κ3) is 12.8. The van der Waals surface area contributed by atoms with Crippen molar-refractivity contribution in [2.45, 2.75) is 0 Å². The van der Waals surface area contributed by atoms with Gasteiger partial charge in [0.15, 0.2) is 0 Å². The Morgan fingerprint density at radius 2 is 1.20 bits per heavy atom. The molecule has 0 amide bonds. The van der Waals surface area contributed by atoms with Crippen LogP contribution in [0.1, 0.15) is 0 Å². The van der Waals surface area contributed by atoms with Gasteiger partial charge in [-0.3, -0.25) is 0 Å². The molecule has 0 saturated carbocycles. The number of hydrogen-bond donors (Lipinski definition) is 2. The van der Waals surface area contributed by atoms with Crippen LogP contribution in [0.3, 0.4) is 0 Å². The van der Waals surface area contributed by atoms with E-state index in [0.717, 1.165) is 0 Å². The first-order chi connectivity index (χ1) is 1.91. The van der Waals surface area contributed by atoms with Crippen LogP contribution in [0.15, 0.2) is 0 Å². The van der Waals surface area contributed by atoms with Crippen molar-refractivity contribution >= 4 is 0 Å². The van der Waals surface area contributed by atoms with Crippen LogP contribution >= 0.6 is 0 Å². The Bertz CT molecular complexity index is 9.61. The smallest absolute Gasteiger partial charge is 0.00461 e. The van der Waals surface area contributed by atoms with E-state index in [4.69, 9.17) is 11.5 Å². The molecule has 0 heterocycles. The number of nitrogens with two attached hydrogens (primary N) is 2. The predicted octanol–water partition coefficient (Wildman–Crippen LogP) is -1.10. The van der Waals surface area contributed by atoms with Gasteiger partial charge in [0.25, 0.3) is 0 Å². The monoisotopic (exact) mass is 123 g/mol. The second kappa shape index (κ2) is 8.83. The van der Waals surface area contributed by atoms with Crippen LogP contribution in [0, 0.1) is 0 Å². The first kappa shape index (κ1) is 9.06. The van der Waals surface area contributed by atoms with E-state index in [1.165, 1.54) is 0 Å². The summed E-state index contributed by atoms with van der Waals surface area (Å²) in [6.07, 6.45) is 0. The van der Waals surface area contributed by atoms with Crippen LogP contribution < -0.4 is 11.5 Å². The minimum Gasteiger partial charge on any atom is -0.329 e. The molecule has 1 radical (unpaired) electrons. The average molecular weight is 124 g/mol. The second-order valence-corrected chi connectivity index (χ2v) is 0.577. The molecular formula is C2H8CuN2. The minimum absolute atomic E-state index is 0. The maximum Gasteiger partial charge on any atom is 0.00461 e. The molecule has 0 atom stereocenters. The summed E-state index contributed by atoms with van der Waals surface area (Å²) in [6.45, 7) is 1.19. The van der Waals surface area contributed by atoms with Crippen molar-refractivity contribution in [2.75, 3.05) is 13.1 Å². The Labute approximate surface area is 42.4 Å². The molecule has 0 aromatic heterocycles. The minimum atomic E-state index is 0. The van der Waals surface area contributed by atoms with Gasteiger partial charge >= 0.3 is 0 Å². The summed E-state index contributed by atoms with van der Waals surface area (Å²) in [6, 6.07) is 0. The molecular weight excluding hydrogens is 116 g/mol. The topological polar surface area (TPSA) is 52.0 Å². The summed E-state index contributed by atoms with van der Waals surface area (Å²) in [4.78, 5) is 0. The summed E-state index contributed by atoms with van der Waals surface area (Å²) in [5, 5.41) is 0. The molecule has 0 rings (SSSR count). The Kier molecular flexibility index (Phi) is 16.0. The summed E-state index contributed by atoms with van der Waals surface area (Å²) >= 11 is 0. The van der Waals surface area contributed by atoms with Crippen molar-refractivity contribution in [2.24, 2.45) is 11.5 Å². The summed E-state index contributed by atoms with van der Waals surface area (Å²) in [7, 11) is 0. The summed E-state index contributed by atoms with van der Waals surface area (Å²) in [5.41, 5.74) is 9.81. The van der Waals surface area contributed by atoms with Crippen LogP contribution in [-0.4, -0.2) is 13.1 Å². The van der Waals surface area contributed by atoms with Crippen LogP contribution in [0.2, 0.25) is 0 Å². The van der Waals surface area contributed by atoms with E-state index in [2.05, 4.69) is 0 Å². The van der Waals surface area contributed by atoms with Crippen molar-refractivity contribution in [1.29, 1.82) is 0 Å². The zero-order valence-corrected chi connectivity index (χ0v) is 3.81. The zero-order chi connectivity index (χ0) is 3.41. The van der Waals surface area contributed by atoms with Crippen LogP contribution in [0.5, 0.6) is 0 Å². The van der Waals surface area contributed by atoms with E-state index in [1.54, 1.807) is 0 Å². The van der Waals surface area contributed by atoms with Crippen molar-refractivity contribution < 1.29 is 17.1 Å². The van der Waals surface area contributed by atoms with E-state index in [1.807, 2.05) is 0 Å². The molecule has 0 spiro atoms. The third-order valence-electron chi connectivity index (χ3n) is 0.167. The Morgan fingerprint density at radius 3 is 1.20 bits per heavy atom. The van der Waals surface area contributed by atoms with Gasteiger partial charge in [0.1, 0.15) is 0 Å². The summed E-state index contributed by atoms with van der Waals surface area (Å²) < 4.78 is 0. The fourth-order valence-corrected chi connectivity index (χ4v) is 0. The molecule has 5 heavy (non-hydrogen) atoms. The maximum absolute atomic E-state index is 4.90. The van der Waals surface area contributed by atoms with Gasteiger partial charge in [-0.05, 0) is 0 Å². The fourth-order valence-electron chi connectivity index (χ4n) is 0. The van der Waals surface area contributed by atoms with Gasteiger partial charge in [-0.15, -0.1) is 0 Å². The van der Waals surface area contributed by atoms with E-state index < -0.39 is 0 Å². The van der Waals surface area contributed by atoms with Gasteiger partial charge in [0.05, 0.1) is 0 Å². The van der Waals surface area contributed by atoms with Crippen molar-refractivity contribution in [3.05, 3.63) is 0 Å². The molecule has 4 N–H and O–H groups in total. The normalized spacial score (nSPS) is 6.00. The summed E-state index contributed by atoms with van der Waals surface area (Å²) in [5.74, 6) is 0. The van der Waals surface area contributed by atoms with Gasteiger partial charge in [0.2, 0.25) is 0 Å². The molecule has 3 heteroatoms. The van der Waals surface area contributed by atoms with Crippen LogP contribution in [0.4, 0.5) is 0 Å². The molecule has 0 aliphatic rings. The molecule has 37 valence electrons. The zero-order valence-electron chi connectivity index (χ0n) is 2.87. The largest absolute Gasteiger partial charge is 0.329 e. The van der Waals surface area contributed by atoms with E-state index in [0.29, 0.717) is 13.1 Å². The molecule has 0 aromatic carbocycles. The fraction of sp³-hybridized carbons (Fsp3) is 1.00. The molecule has 0 bridgehead atoms. The molecule has 0 fully saturated rings. The maximum atomic E-state index is 4.90. The van der Waals surface area contributed by atoms with Gasteiger partial charge < -0.3 is 11.5 Å². The number of rotatable bonds is 1. The average Bonchev–Trinajstić information content (AvgIpc) is 1.37. The van der Waals surface area contributed by atoms with E-state index in [9.17, 15) is 0 Å². The standard InChI is InChI=1S/C2H8N2.Cu/c3-1-2-4;/h1-4H2;. The molecule has 0 aliphatic carbocycles. The van der Waals surface area contributed by atoms with E-state index in [-0.39, 0.29) is 17.1 Å². The van der Waals surface area contributed by atoms with Crippen LogP contribution in [-0.2, 0) is 17.1 Å². The van der Waals surface area contributed by atoms with Gasteiger partial charge in [-0.25, -0.2) is 0 Å². The SMILES string of the molecule is NCCN.[Cu]. The van der Waals surface area contributed by atoms with Crippen molar-refractivity contribution in [3.8, 4) is 0 Å². The Hall–Kier alpha value is 0.439. The van der Waals surface area contributed by atoms with Gasteiger partial charge in [0, 0.05) is 30.2 Å². The van der Waals surface area contributed by atoms with E-state index >= 15 is 0 Å². The molecule has 0 aromatic rings. The number of hydrogen-bond acceptors (Lipinski definition) is 2. The first-order valence-electron chi connectivity index (χ1n) is 1.32. The quantitative estimate of drug-likeness (QED) is 0.435. The van der Waals surface area contributed by atoms with Crippen LogP contribution in [0.25, 0.3) is 0 Å². The second-order valence-electron chi connectivity index (χ2n) is 0.577. The molecule has 2 nitrogen and oxygen atoms in total. The molecule has 0 aliphatic heterocycles. The van der Waals surface area contributed by atoms with Crippen molar-refractivity contribution in [1.82, 2.24) is 0 Å². The Balaban J connectivity index is 0. The molecule has 0 saturated heterocycles. The first-order valence-corrected chi connectivity index (χ1v) is 1.32. The predicted molar refractivity (Wildman–Crippen MR) is 18.1 cm³/mol. The molecule has 0 unspecified atom stereocenters. The van der Waals surface area contributed by atoms with Gasteiger partial charge in [-0.1, -0.05) is 0 Å². The third-order valence-corrected chi connectivity index (χ3v) is 0.167.